The summed E-state index contributed by atoms with van der Waals surface area (Å²) in [5.41, 5.74) is -0.0108. The van der Waals surface area contributed by atoms with Crippen LogP contribution in [0.5, 0.6) is 18.0 Å². The molecular weight excluding hydrogens is 1700 g/mol. The summed E-state index contributed by atoms with van der Waals surface area (Å²) >= 11 is 6.03. The van der Waals surface area contributed by atoms with Crippen LogP contribution in [-0.2, 0) is 71.8 Å². The third-order valence-corrected chi connectivity index (χ3v) is 25.6. The van der Waals surface area contributed by atoms with Crippen LogP contribution < -0.4 is 43.6 Å². The summed E-state index contributed by atoms with van der Waals surface area (Å²) in [7, 11) is 6.11. The van der Waals surface area contributed by atoms with Crippen LogP contribution in [0.4, 0.5) is 82.8 Å². The van der Waals surface area contributed by atoms with Gasteiger partial charge in [-0.15, -0.1) is 0 Å². The quantitative estimate of drug-likeness (QED) is 0.0369. The zero-order chi connectivity index (χ0) is 91.8. The minimum atomic E-state index is -4.87. The lowest BCUT2D eigenvalue weighted by Crippen LogP contribution is -2.56. The van der Waals surface area contributed by atoms with Crippen molar-refractivity contribution >= 4 is 63.8 Å². The Labute approximate surface area is 741 Å². The van der Waals surface area contributed by atoms with Gasteiger partial charge < -0.3 is 68.1 Å². The molecule has 3 unspecified atom stereocenters. The lowest BCUT2D eigenvalue weighted by atomic mass is 10.0. The summed E-state index contributed by atoms with van der Waals surface area (Å²) in [5, 5.41) is 18.5. The largest absolute Gasteiger partial charge is 0.462 e. The first-order chi connectivity index (χ1) is 61.1. The Morgan fingerprint density at radius 3 is 1.16 bits per heavy atom. The van der Waals surface area contributed by atoms with E-state index in [-0.39, 0.29) is 134 Å². The van der Waals surface area contributed by atoms with Gasteiger partial charge in [0.2, 0.25) is 24.3 Å². The Balaban J connectivity index is 0.000000164. The van der Waals surface area contributed by atoms with Gasteiger partial charge in [-0.05, 0) is 139 Å². The van der Waals surface area contributed by atoms with Crippen LogP contribution in [0.1, 0.15) is 103 Å². The number of fused-ring (bicyclic) bond motifs is 3. The maximum Gasteiger partial charge on any atom is 0.421 e. The molecule has 0 bridgehead atoms. The summed E-state index contributed by atoms with van der Waals surface area (Å²) < 4.78 is 172. The molecule has 0 saturated carbocycles. The van der Waals surface area contributed by atoms with Crippen molar-refractivity contribution < 1.29 is 76.9 Å². The number of likely N-dealkylation sites (N-methyl/N-ethyl adjacent to an activating group) is 3. The highest BCUT2D eigenvalue weighted by Gasteiger charge is 2.45. The predicted octanol–water partition coefficient (Wildman–Crippen LogP) is 12.4. The molecular formula is C89H103ClF11N21O6. The van der Waals surface area contributed by atoms with Crippen molar-refractivity contribution in [3.8, 4) is 30.2 Å². The number of rotatable bonds is 21. The molecule has 12 heterocycles. The summed E-state index contributed by atoms with van der Waals surface area (Å²) in [4.78, 5) is 91.5. The Hall–Kier alpha value is -11.4. The van der Waals surface area contributed by atoms with Gasteiger partial charge in [-0.2, -0.15) is 79.9 Å². The number of anilines is 6. The Morgan fingerprint density at radius 2 is 0.828 bits per heavy atom. The number of nitriles is 2. The number of benzene rings is 3. The highest BCUT2D eigenvalue weighted by atomic mass is 35.5. The number of amides is 3. The zero-order valence-electron chi connectivity index (χ0n) is 72.0. The van der Waals surface area contributed by atoms with Gasteiger partial charge in [-0.1, -0.05) is 63.4 Å². The molecule has 15 rings (SSSR count). The van der Waals surface area contributed by atoms with E-state index in [1.807, 2.05) is 35.8 Å². The second-order valence-electron chi connectivity index (χ2n) is 33.8. The van der Waals surface area contributed by atoms with Gasteiger partial charge in [0.25, 0.3) is 0 Å². The van der Waals surface area contributed by atoms with Crippen LogP contribution in [-0.4, -0.2) is 259 Å². The minimum absolute atomic E-state index is 0.00420. The highest BCUT2D eigenvalue weighted by Crippen LogP contribution is 2.47. The Bertz CT molecular complexity index is 4990. The van der Waals surface area contributed by atoms with Crippen LogP contribution in [0.15, 0.2) is 92.6 Å². The fourth-order valence-corrected chi connectivity index (χ4v) is 19.2. The molecule has 3 aromatic heterocycles. The third-order valence-electron chi connectivity index (χ3n) is 25.3. The van der Waals surface area contributed by atoms with Crippen molar-refractivity contribution in [3.63, 3.8) is 0 Å². The molecule has 3 aromatic carbocycles. The summed E-state index contributed by atoms with van der Waals surface area (Å²) in [6.07, 6.45) is -5.38. The number of carbonyl (C=O) groups excluding carboxylic acids is 3. The summed E-state index contributed by atoms with van der Waals surface area (Å²) in [6, 6.07) is 15.0. The number of likely N-dealkylation sites (tertiary alicyclic amines) is 3. The molecule has 0 spiro atoms. The van der Waals surface area contributed by atoms with Gasteiger partial charge in [0.05, 0.1) is 101 Å². The lowest BCUT2D eigenvalue weighted by Gasteiger charge is -2.42. The number of nitrogens with zero attached hydrogens (tertiary/aromatic N) is 21. The maximum absolute atomic E-state index is 14.4. The molecule has 684 valence electrons. The maximum atomic E-state index is 14.4. The van der Waals surface area contributed by atoms with Crippen molar-refractivity contribution in [2.24, 2.45) is 11.8 Å². The van der Waals surface area contributed by atoms with E-state index in [0.717, 1.165) is 74.1 Å². The van der Waals surface area contributed by atoms with E-state index in [4.69, 9.17) is 52.3 Å². The second kappa shape index (κ2) is 40.5. The number of alkyl halides is 9. The average molecular weight is 1810 g/mol. The fraction of sp³-hybridized carbons (Fsp3) is 0.528. The average Bonchev–Trinajstić information content (AvgIpc) is 1.31. The molecule has 0 aliphatic carbocycles. The molecule has 6 aromatic rings. The van der Waals surface area contributed by atoms with E-state index in [0.29, 0.717) is 151 Å². The Kier molecular flexibility index (Phi) is 29.8. The number of carbonyl (C=O) groups is 3. The fourth-order valence-electron chi connectivity index (χ4n) is 18.9. The van der Waals surface area contributed by atoms with Gasteiger partial charge in [0.1, 0.15) is 66.1 Å². The first kappa shape index (κ1) is 94.2. The molecule has 6 saturated heterocycles. The third kappa shape index (κ3) is 21.4. The van der Waals surface area contributed by atoms with Gasteiger partial charge in [-0.25, -0.2) is 15.4 Å². The van der Waals surface area contributed by atoms with E-state index in [1.165, 1.54) is 70.5 Å². The smallest absolute Gasteiger partial charge is 0.421 e. The molecule has 9 aliphatic rings. The van der Waals surface area contributed by atoms with E-state index in [2.05, 4.69) is 75.2 Å². The normalized spacial score (nSPS) is 22.2. The van der Waals surface area contributed by atoms with Gasteiger partial charge in [0, 0.05) is 126 Å². The van der Waals surface area contributed by atoms with Crippen LogP contribution in [0.25, 0.3) is 4.85 Å². The van der Waals surface area contributed by atoms with Crippen molar-refractivity contribution in [1.29, 1.82) is 10.5 Å². The Morgan fingerprint density at radius 1 is 0.477 bits per heavy atom. The molecule has 9 aliphatic heterocycles. The molecule has 6 fully saturated rings. The minimum Gasteiger partial charge on any atom is -0.462 e. The van der Waals surface area contributed by atoms with Crippen LogP contribution in [0, 0.1) is 52.7 Å². The molecule has 3 amide bonds. The van der Waals surface area contributed by atoms with Gasteiger partial charge in [-0.3, -0.25) is 24.2 Å². The number of hydrogen-bond donors (Lipinski definition) is 0. The molecule has 27 nitrogen and oxygen atoms in total. The lowest BCUT2D eigenvalue weighted by molar-refractivity contribution is -0.140. The number of hydrogen-bond acceptors (Lipinski definition) is 23. The van der Waals surface area contributed by atoms with E-state index < -0.39 is 58.9 Å². The molecule has 39 heteroatoms. The molecule has 8 atom stereocenters. The van der Waals surface area contributed by atoms with E-state index in [9.17, 15) is 73.2 Å². The van der Waals surface area contributed by atoms with Crippen molar-refractivity contribution in [1.82, 2.24) is 59.3 Å². The van der Waals surface area contributed by atoms with Crippen LogP contribution in [0.3, 0.4) is 0 Å². The number of aromatic nitrogens is 6. The monoisotopic (exact) mass is 1810 g/mol. The van der Waals surface area contributed by atoms with Crippen molar-refractivity contribution in [2.45, 2.75) is 146 Å². The van der Waals surface area contributed by atoms with Crippen LogP contribution in [0.2, 0.25) is 5.02 Å². The SMILES string of the molecule is C=CC(=O)N1CCN(c2nc(OC[C@H]3C[C@@H](C)CN3C)nc3c2CCN(c2cccc(F)c2C(F)(F)F)C3)CC1CC#N.C=CC(=O)N1CCN(c2nc(OC[C@H]3C[C@H](C)CN3C)nc3c2CCN(c2cccc(F)c2C(F)(F)F)C3)CC1CC#N.[C-]#[N+]CC1CN(c2nc(OC[C@@H]3CCCN3C)nc3c2CCN(c2cccc(Cl)c2C(F)(F)F)C3)CCN1C(=O)C=C. The van der Waals surface area contributed by atoms with Gasteiger partial charge >= 0.3 is 36.6 Å². The topological polar surface area (TPSA) is 247 Å². The predicted molar refractivity (Wildman–Crippen MR) is 458 cm³/mol. The summed E-state index contributed by atoms with van der Waals surface area (Å²) in [6.45, 7) is 30.9. The van der Waals surface area contributed by atoms with Crippen molar-refractivity contribution in [3.05, 3.63) is 171 Å². The van der Waals surface area contributed by atoms with Crippen molar-refractivity contribution in [2.75, 3.05) is 175 Å². The highest BCUT2D eigenvalue weighted by molar-refractivity contribution is 6.31. The number of ether oxygens (including phenoxy) is 3. The first-order valence-corrected chi connectivity index (χ1v) is 43.1. The van der Waals surface area contributed by atoms with E-state index >= 15 is 0 Å². The molecule has 128 heavy (non-hydrogen) atoms. The van der Waals surface area contributed by atoms with Crippen LogP contribution >= 0.6 is 11.6 Å². The zero-order valence-corrected chi connectivity index (χ0v) is 72.7. The second-order valence-corrected chi connectivity index (χ2v) is 34.2. The molecule has 0 N–H and O–H groups in total. The van der Waals surface area contributed by atoms with Gasteiger partial charge in [0.15, 0.2) is 0 Å². The first-order valence-electron chi connectivity index (χ1n) is 42.7. The standard InChI is InChI=1S/2C30H35F4N7O2.C29H33ClF3N7O2/c2*1-4-26(42)41-13-12-40(16-20(41)8-10-35)28-22-9-11-39(25-7-5-6-23(31)27(25)30(32,33)34)17-24(22)36-29(37-28)43-18-21-14-19(2)15-38(21)3;1-4-25(41)40-14-13-39(16-20(40)15-34-2)27-21-10-12-38(24-9-5-8-22(30)26(24)29(31,32)33)17-23(21)35-28(36-27)42-18-19-7-6-11-37(19)3/h2*4-7,19-21H,1,8-9,11-18H2,2-3H3;4-5,8-9,19-20H,1,6-7,10-18H2,3H3/t19-,20?,21+;19-,20?,21-;19-,20?/m010/s1. The molecule has 0 radical (unpaired) electrons. The number of halogens is 12. The van der Waals surface area contributed by atoms with E-state index in [1.54, 1.807) is 19.6 Å². The number of piperazine rings is 3. The summed E-state index contributed by atoms with van der Waals surface area (Å²) in [5.74, 6) is -0.548.